The van der Waals surface area contributed by atoms with Gasteiger partial charge in [0.15, 0.2) is 0 Å². The molecule has 0 radical (unpaired) electrons. The molecule has 0 fully saturated rings. The van der Waals surface area contributed by atoms with Gasteiger partial charge in [-0.1, -0.05) is 0 Å². The molecule has 0 aliphatic heterocycles. The van der Waals surface area contributed by atoms with E-state index in [0.717, 1.165) is 0 Å². The zero-order valence-electron chi connectivity index (χ0n) is 11.9. The first-order valence-electron chi connectivity index (χ1n) is 6.38. The summed E-state index contributed by atoms with van der Waals surface area (Å²) < 4.78 is 0. The minimum atomic E-state index is -1.30. The summed E-state index contributed by atoms with van der Waals surface area (Å²) in [5, 5.41) is 19.8. The number of carbonyl (C=O) groups excluding carboxylic acids is 2. The number of carbonyl (C=O) groups is 4. The van der Waals surface area contributed by atoms with Crippen molar-refractivity contribution in [2.45, 2.75) is 18.9 Å². The van der Waals surface area contributed by atoms with Crippen molar-refractivity contribution in [3.63, 3.8) is 0 Å². The van der Waals surface area contributed by atoms with E-state index >= 15 is 0 Å². The molecule has 8 nitrogen and oxygen atoms in total. The van der Waals surface area contributed by atoms with Gasteiger partial charge in [0, 0.05) is 24.7 Å². The second-order valence-corrected chi connectivity index (χ2v) is 4.56. The van der Waals surface area contributed by atoms with Crippen molar-refractivity contribution in [2.24, 2.45) is 0 Å². The SMILES string of the molecule is CN(C=O)c1ccc(C(=O)NC(CCC(=O)O)C(=O)O)cc1. The van der Waals surface area contributed by atoms with Gasteiger partial charge in [-0.2, -0.15) is 0 Å². The maximum Gasteiger partial charge on any atom is 0.326 e. The Bertz CT molecular complexity index is 569. The number of carboxylic acid groups (broad SMARTS) is 2. The van der Waals surface area contributed by atoms with Crippen LogP contribution in [0, 0.1) is 0 Å². The molecule has 0 aromatic heterocycles. The fraction of sp³-hybridized carbons (Fsp3) is 0.286. The lowest BCUT2D eigenvalue weighted by Gasteiger charge is -2.14. The Labute approximate surface area is 126 Å². The third-order valence-corrected chi connectivity index (χ3v) is 2.95. The maximum atomic E-state index is 11.9. The first-order chi connectivity index (χ1) is 10.3. The summed E-state index contributed by atoms with van der Waals surface area (Å²) in [5.41, 5.74) is 0.789. The first kappa shape index (κ1) is 17.2. The van der Waals surface area contributed by atoms with Crippen LogP contribution >= 0.6 is 0 Å². The topological polar surface area (TPSA) is 124 Å². The van der Waals surface area contributed by atoms with Gasteiger partial charge in [-0.15, -0.1) is 0 Å². The van der Waals surface area contributed by atoms with Gasteiger partial charge in [-0.25, -0.2) is 4.79 Å². The lowest BCUT2D eigenvalue weighted by atomic mass is 10.1. The fourth-order valence-electron chi connectivity index (χ4n) is 1.68. The molecule has 0 aliphatic rings. The van der Waals surface area contributed by atoms with Crippen molar-refractivity contribution < 1.29 is 29.4 Å². The first-order valence-corrected chi connectivity index (χ1v) is 6.38. The molecule has 0 aliphatic carbocycles. The standard InChI is InChI=1S/C14H16N2O6/c1-16(8-17)10-4-2-9(3-5-10)13(20)15-11(14(21)22)6-7-12(18)19/h2-5,8,11H,6-7H2,1H3,(H,15,20)(H,18,19)(H,21,22). The molecule has 0 spiro atoms. The van der Waals surface area contributed by atoms with E-state index in [1.165, 1.54) is 29.2 Å². The molecule has 118 valence electrons. The van der Waals surface area contributed by atoms with Gasteiger partial charge in [0.25, 0.3) is 5.91 Å². The van der Waals surface area contributed by atoms with Crippen LogP contribution in [0.2, 0.25) is 0 Å². The molecule has 1 aromatic rings. The van der Waals surface area contributed by atoms with E-state index in [-0.39, 0.29) is 18.4 Å². The zero-order valence-corrected chi connectivity index (χ0v) is 11.9. The van der Waals surface area contributed by atoms with Crippen LogP contribution in [0.4, 0.5) is 5.69 Å². The van der Waals surface area contributed by atoms with Crippen molar-refractivity contribution >= 4 is 29.9 Å². The highest BCUT2D eigenvalue weighted by Gasteiger charge is 2.21. The van der Waals surface area contributed by atoms with Crippen LogP contribution < -0.4 is 10.2 Å². The van der Waals surface area contributed by atoms with Crippen LogP contribution in [-0.4, -0.2) is 47.6 Å². The van der Waals surface area contributed by atoms with Crippen LogP contribution in [-0.2, 0) is 14.4 Å². The van der Waals surface area contributed by atoms with Gasteiger partial charge < -0.3 is 20.4 Å². The number of anilines is 1. The lowest BCUT2D eigenvalue weighted by Crippen LogP contribution is -2.41. The summed E-state index contributed by atoms with van der Waals surface area (Å²) in [4.78, 5) is 45.3. The molecular formula is C14H16N2O6. The number of nitrogens with zero attached hydrogens (tertiary/aromatic N) is 1. The molecule has 8 heteroatoms. The van der Waals surface area contributed by atoms with E-state index in [4.69, 9.17) is 10.2 Å². The molecular weight excluding hydrogens is 292 g/mol. The van der Waals surface area contributed by atoms with Crippen molar-refractivity contribution in [1.29, 1.82) is 0 Å². The Morgan fingerprint density at radius 2 is 1.82 bits per heavy atom. The van der Waals surface area contributed by atoms with Gasteiger partial charge >= 0.3 is 11.9 Å². The zero-order chi connectivity index (χ0) is 16.7. The predicted octanol–water partition coefficient (Wildman–Crippen LogP) is 0.327. The third kappa shape index (κ3) is 4.89. The number of aliphatic carboxylic acids is 2. The summed E-state index contributed by atoms with van der Waals surface area (Å²) in [6.45, 7) is 0. The number of hydrogen-bond donors (Lipinski definition) is 3. The van der Waals surface area contributed by atoms with E-state index in [2.05, 4.69) is 5.32 Å². The van der Waals surface area contributed by atoms with E-state index in [9.17, 15) is 19.2 Å². The average Bonchev–Trinajstić information content (AvgIpc) is 2.50. The van der Waals surface area contributed by atoms with E-state index in [1.54, 1.807) is 7.05 Å². The predicted molar refractivity (Wildman–Crippen MR) is 76.7 cm³/mol. The Kier molecular flexibility index (Phi) is 6.06. The number of amides is 2. The molecule has 0 heterocycles. The second kappa shape index (κ2) is 7.77. The van der Waals surface area contributed by atoms with E-state index in [0.29, 0.717) is 12.1 Å². The quantitative estimate of drug-likeness (QED) is 0.594. The van der Waals surface area contributed by atoms with Crippen LogP contribution in [0.1, 0.15) is 23.2 Å². The largest absolute Gasteiger partial charge is 0.481 e. The minimum absolute atomic E-state index is 0.206. The Hall–Kier alpha value is -2.90. The number of rotatable bonds is 8. The Morgan fingerprint density at radius 3 is 2.27 bits per heavy atom. The van der Waals surface area contributed by atoms with Gasteiger partial charge in [-0.05, 0) is 30.7 Å². The normalized spacial score (nSPS) is 11.3. The van der Waals surface area contributed by atoms with Crippen LogP contribution in [0.5, 0.6) is 0 Å². The minimum Gasteiger partial charge on any atom is -0.481 e. The smallest absolute Gasteiger partial charge is 0.326 e. The summed E-state index contributed by atoms with van der Waals surface area (Å²) in [6.07, 6.45) is 0.0458. The van der Waals surface area contributed by atoms with E-state index < -0.39 is 23.9 Å². The molecule has 1 aromatic carbocycles. The molecule has 1 atom stereocenters. The number of benzene rings is 1. The number of hydrogen-bond acceptors (Lipinski definition) is 4. The van der Waals surface area contributed by atoms with E-state index in [1.807, 2.05) is 0 Å². The van der Waals surface area contributed by atoms with Gasteiger partial charge in [-0.3, -0.25) is 14.4 Å². The molecule has 1 rings (SSSR count). The monoisotopic (exact) mass is 308 g/mol. The van der Waals surface area contributed by atoms with Crippen LogP contribution in [0.25, 0.3) is 0 Å². The highest BCUT2D eigenvalue weighted by atomic mass is 16.4. The lowest BCUT2D eigenvalue weighted by molar-refractivity contribution is -0.140. The molecule has 1 unspecified atom stereocenters. The van der Waals surface area contributed by atoms with Crippen molar-refractivity contribution in [2.75, 3.05) is 11.9 Å². The Morgan fingerprint density at radius 1 is 1.23 bits per heavy atom. The number of nitrogens with one attached hydrogen (secondary N) is 1. The van der Waals surface area contributed by atoms with Crippen LogP contribution in [0.3, 0.4) is 0 Å². The van der Waals surface area contributed by atoms with Crippen molar-refractivity contribution in [1.82, 2.24) is 5.32 Å². The van der Waals surface area contributed by atoms with Crippen molar-refractivity contribution in [3.8, 4) is 0 Å². The summed E-state index contributed by atoms with van der Waals surface area (Å²) in [6, 6.07) is 4.69. The molecule has 3 N–H and O–H groups in total. The Balaban J connectivity index is 2.75. The molecule has 0 bridgehead atoms. The number of carboxylic acids is 2. The highest BCUT2D eigenvalue weighted by Crippen LogP contribution is 2.12. The van der Waals surface area contributed by atoms with Gasteiger partial charge in [0.05, 0.1) is 0 Å². The fourth-order valence-corrected chi connectivity index (χ4v) is 1.68. The summed E-state index contributed by atoms with van der Waals surface area (Å²) in [5.74, 6) is -3.06. The average molecular weight is 308 g/mol. The summed E-state index contributed by atoms with van der Waals surface area (Å²) in [7, 11) is 1.55. The third-order valence-electron chi connectivity index (χ3n) is 2.95. The van der Waals surface area contributed by atoms with Crippen LogP contribution in [0.15, 0.2) is 24.3 Å². The van der Waals surface area contributed by atoms with Gasteiger partial charge in [0.2, 0.25) is 6.41 Å². The van der Waals surface area contributed by atoms with Gasteiger partial charge in [0.1, 0.15) is 6.04 Å². The molecule has 22 heavy (non-hydrogen) atoms. The van der Waals surface area contributed by atoms with Crippen molar-refractivity contribution in [3.05, 3.63) is 29.8 Å². The second-order valence-electron chi connectivity index (χ2n) is 4.56. The molecule has 0 saturated carbocycles. The molecule has 2 amide bonds. The molecule has 0 saturated heterocycles. The highest BCUT2D eigenvalue weighted by molar-refractivity contribution is 5.97. The summed E-state index contributed by atoms with van der Waals surface area (Å²) >= 11 is 0. The maximum absolute atomic E-state index is 11.9.